The number of aryl methyl sites for hydroxylation is 2. The SMILES string of the molecule is Cc1cccc(C(=O)N2CCCN(c3cnn(C)c(=O)c3Br)CC2)c1. The maximum Gasteiger partial charge on any atom is 0.282 e. The van der Waals surface area contributed by atoms with E-state index < -0.39 is 0 Å². The minimum absolute atomic E-state index is 0.0618. The van der Waals surface area contributed by atoms with Gasteiger partial charge in [0.15, 0.2) is 0 Å². The van der Waals surface area contributed by atoms with Gasteiger partial charge in [0.25, 0.3) is 11.5 Å². The van der Waals surface area contributed by atoms with Crippen LogP contribution in [0.3, 0.4) is 0 Å². The zero-order valence-electron chi connectivity index (χ0n) is 14.4. The quantitative estimate of drug-likeness (QED) is 0.769. The fourth-order valence-corrected chi connectivity index (χ4v) is 3.65. The summed E-state index contributed by atoms with van der Waals surface area (Å²) in [6, 6.07) is 7.68. The molecule has 7 heteroatoms. The summed E-state index contributed by atoms with van der Waals surface area (Å²) in [4.78, 5) is 28.8. The molecule has 2 aromatic rings. The van der Waals surface area contributed by atoms with Gasteiger partial charge in [-0.15, -0.1) is 0 Å². The Labute approximate surface area is 155 Å². The van der Waals surface area contributed by atoms with Crippen molar-refractivity contribution in [3.63, 3.8) is 0 Å². The molecular weight excluding hydrogens is 384 g/mol. The average molecular weight is 405 g/mol. The van der Waals surface area contributed by atoms with Crippen LogP contribution in [0.25, 0.3) is 0 Å². The Hall–Kier alpha value is -2.15. The lowest BCUT2D eigenvalue weighted by atomic mass is 10.1. The van der Waals surface area contributed by atoms with Crippen molar-refractivity contribution in [3.05, 3.63) is 56.4 Å². The Morgan fingerprint density at radius 3 is 2.76 bits per heavy atom. The topological polar surface area (TPSA) is 58.4 Å². The van der Waals surface area contributed by atoms with Gasteiger partial charge in [0.2, 0.25) is 0 Å². The lowest BCUT2D eigenvalue weighted by Crippen LogP contribution is -2.36. The highest BCUT2D eigenvalue weighted by molar-refractivity contribution is 9.10. The molecule has 1 aromatic carbocycles. The van der Waals surface area contributed by atoms with Crippen molar-refractivity contribution in [3.8, 4) is 0 Å². The minimum atomic E-state index is -0.158. The van der Waals surface area contributed by atoms with Crippen molar-refractivity contribution in [2.24, 2.45) is 7.05 Å². The van der Waals surface area contributed by atoms with E-state index in [0.29, 0.717) is 24.1 Å². The average Bonchev–Trinajstić information content (AvgIpc) is 2.85. The van der Waals surface area contributed by atoms with Gasteiger partial charge >= 0.3 is 0 Å². The first-order chi connectivity index (χ1) is 12.0. The molecule has 132 valence electrons. The molecule has 1 aliphatic rings. The fourth-order valence-electron chi connectivity index (χ4n) is 3.04. The first-order valence-corrected chi connectivity index (χ1v) is 9.09. The maximum atomic E-state index is 12.7. The van der Waals surface area contributed by atoms with Gasteiger partial charge in [0, 0.05) is 38.8 Å². The lowest BCUT2D eigenvalue weighted by Gasteiger charge is -2.24. The van der Waals surface area contributed by atoms with Crippen molar-refractivity contribution >= 4 is 27.5 Å². The summed E-state index contributed by atoms with van der Waals surface area (Å²) in [5.74, 6) is 0.0618. The Morgan fingerprint density at radius 2 is 2.00 bits per heavy atom. The molecule has 0 atom stereocenters. The van der Waals surface area contributed by atoms with Crippen LogP contribution in [-0.2, 0) is 7.05 Å². The van der Waals surface area contributed by atoms with Crippen LogP contribution in [0, 0.1) is 6.92 Å². The summed E-state index contributed by atoms with van der Waals surface area (Å²) >= 11 is 3.39. The lowest BCUT2D eigenvalue weighted by molar-refractivity contribution is 0.0767. The van der Waals surface area contributed by atoms with Crippen molar-refractivity contribution in [2.75, 3.05) is 31.1 Å². The minimum Gasteiger partial charge on any atom is -0.367 e. The van der Waals surface area contributed by atoms with Crippen LogP contribution >= 0.6 is 15.9 Å². The van der Waals surface area contributed by atoms with Crippen LogP contribution in [0.4, 0.5) is 5.69 Å². The first-order valence-electron chi connectivity index (χ1n) is 8.30. The number of halogens is 1. The summed E-state index contributed by atoms with van der Waals surface area (Å²) in [5.41, 5.74) is 2.43. The van der Waals surface area contributed by atoms with E-state index in [1.165, 1.54) is 4.68 Å². The number of rotatable bonds is 2. The zero-order valence-corrected chi connectivity index (χ0v) is 16.0. The number of carbonyl (C=O) groups excluding carboxylic acids is 1. The van der Waals surface area contributed by atoms with Gasteiger partial charge in [0.1, 0.15) is 4.47 Å². The fraction of sp³-hybridized carbons (Fsp3) is 0.389. The maximum absolute atomic E-state index is 12.7. The standard InChI is InChI=1S/C18H21BrN4O2/c1-13-5-3-6-14(11-13)17(24)23-8-4-7-22(9-10-23)15-12-20-21(2)18(25)16(15)19/h3,5-6,11-12H,4,7-10H2,1-2H3. The molecule has 0 radical (unpaired) electrons. The van der Waals surface area contributed by atoms with E-state index in [-0.39, 0.29) is 11.5 Å². The monoisotopic (exact) mass is 404 g/mol. The number of carbonyl (C=O) groups is 1. The Balaban J connectivity index is 1.76. The molecule has 6 nitrogen and oxygen atoms in total. The molecule has 0 unspecified atom stereocenters. The highest BCUT2D eigenvalue weighted by atomic mass is 79.9. The molecule has 0 aliphatic carbocycles. The summed E-state index contributed by atoms with van der Waals surface area (Å²) in [6.07, 6.45) is 2.54. The van der Waals surface area contributed by atoms with Gasteiger partial charge in [0.05, 0.1) is 11.9 Å². The van der Waals surface area contributed by atoms with Gasteiger partial charge in [-0.1, -0.05) is 17.7 Å². The number of aromatic nitrogens is 2. The van der Waals surface area contributed by atoms with Gasteiger partial charge in [-0.3, -0.25) is 9.59 Å². The number of hydrogen-bond donors (Lipinski definition) is 0. The highest BCUT2D eigenvalue weighted by Gasteiger charge is 2.22. The summed E-state index contributed by atoms with van der Waals surface area (Å²) < 4.78 is 1.82. The summed E-state index contributed by atoms with van der Waals surface area (Å²) in [7, 11) is 1.63. The van der Waals surface area contributed by atoms with Crippen LogP contribution < -0.4 is 10.5 Å². The molecule has 0 bridgehead atoms. The van der Waals surface area contributed by atoms with E-state index in [4.69, 9.17) is 0 Å². The van der Waals surface area contributed by atoms with Crippen molar-refractivity contribution in [1.82, 2.24) is 14.7 Å². The van der Waals surface area contributed by atoms with E-state index in [1.54, 1.807) is 13.2 Å². The van der Waals surface area contributed by atoms with Crippen LogP contribution in [0.2, 0.25) is 0 Å². The van der Waals surface area contributed by atoms with Crippen LogP contribution in [-0.4, -0.2) is 46.8 Å². The largest absolute Gasteiger partial charge is 0.367 e. The second-order valence-electron chi connectivity index (χ2n) is 6.27. The second-order valence-corrected chi connectivity index (χ2v) is 7.07. The second kappa shape index (κ2) is 7.39. The third-order valence-corrected chi connectivity index (χ3v) is 5.19. The van der Waals surface area contributed by atoms with Gasteiger partial charge in [-0.2, -0.15) is 5.10 Å². The number of hydrogen-bond acceptors (Lipinski definition) is 4. The number of benzene rings is 1. The molecule has 0 N–H and O–H groups in total. The molecule has 2 heterocycles. The molecule has 0 spiro atoms. The summed E-state index contributed by atoms with van der Waals surface area (Å²) in [5, 5.41) is 4.11. The highest BCUT2D eigenvalue weighted by Crippen LogP contribution is 2.23. The third kappa shape index (κ3) is 3.76. The normalized spacial score (nSPS) is 15.2. The molecule has 1 aromatic heterocycles. The van der Waals surface area contributed by atoms with E-state index in [9.17, 15) is 9.59 Å². The molecule has 3 rings (SSSR count). The molecule has 25 heavy (non-hydrogen) atoms. The molecule has 1 saturated heterocycles. The van der Waals surface area contributed by atoms with E-state index in [2.05, 4.69) is 25.9 Å². The van der Waals surface area contributed by atoms with Crippen molar-refractivity contribution < 1.29 is 4.79 Å². The van der Waals surface area contributed by atoms with Crippen LogP contribution in [0.1, 0.15) is 22.3 Å². The molecule has 1 aliphatic heterocycles. The smallest absolute Gasteiger partial charge is 0.282 e. The first kappa shape index (κ1) is 17.7. The van der Waals surface area contributed by atoms with Gasteiger partial charge < -0.3 is 9.80 Å². The Kier molecular flexibility index (Phi) is 5.22. The van der Waals surface area contributed by atoms with Crippen molar-refractivity contribution in [1.29, 1.82) is 0 Å². The Bertz CT molecular complexity index is 849. The van der Waals surface area contributed by atoms with Crippen LogP contribution in [0.15, 0.2) is 39.7 Å². The number of anilines is 1. The number of amides is 1. The summed E-state index contributed by atoms with van der Waals surface area (Å²) in [6.45, 7) is 4.77. The Morgan fingerprint density at radius 1 is 1.20 bits per heavy atom. The molecule has 0 saturated carbocycles. The van der Waals surface area contributed by atoms with Gasteiger partial charge in [-0.25, -0.2) is 4.68 Å². The molecular formula is C18H21BrN4O2. The predicted octanol–water partition coefficient (Wildman–Crippen LogP) is 2.20. The molecule has 1 amide bonds. The van der Waals surface area contributed by atoms with E-state index in [1.807, 2.05) is 36.1 Å². The number of nitrogens with zero attached hydrogens (tertiary/aromatic N) is 4. The third-order valence-electron chi connectivity index (χ3n) is 4.45. The zero-order chi connectivity index (χ0) is 18.0. The van der Waals surface area contributed by atoms with E-state index in [0.717, 1.165) is 29.8 Å². The van der Waals surface area contributed by atoms with Gasteiger partial charge in [-0.05, 0) is 41.4 Å². The predicted molar refractivity (Wildman–Crippen MR) is 101 cm³/mol. The van der Waals surface area contributed by atoms with Crippen LogP contribution in [0.5, 0.6) is 0 Å². The van der Waals surface area contributed by atoms with Crippen molar-refractivity contribution in [2.45, 2.75) is 13.3 Å². The molecule has 1 fully saturated rings. The van der Waals surface area contributed by atoms with E-state index >= 15 is 0 Å².